The Hall–Kier alpha value is -2.77. The second-order valence-corrected chi connectivity index (χ2v) is 9.63. The molecule has 10 nitrogen and oxygen atoms in total. The standard InChI is InChI=1S/C17H17BN2O8S2/c1-9-14(28-30(2,25)26)13(17(23)27-18)20-15(22)12(16(20)29(9)24)19-11(21)8-10-6-4-3-5-7-10/h3-7,12,16H,1,8,18H2,2H3,(H,19,21)/t12-,16-,29+/m1/s1. The van der Waals surface area contributed by atoms with Crippen LogP contribution in [0.3, 0.4) is 0 Å². The number of nitrogens with zero attached hydrogens (tertiary/aromatic N) is 1. The number of amides is 2. The van der Waals surface area contributed by atoms with E-state index in [0.29, 0.717) is 5.56 Å². The van der Waals surface area contributed by atoms with Crippen LogP contribution in [0.5, 0.6) is 0 Å². The molecule has 2 amide bonds. The zero-order valence-electron chi connectivity index (χ0n) is 16.0. The number of rotatable bonds is 6. The lowest BCUT2D eigenvalue weighted by Gasteiger charge is -2.48. The third kappa shape index (κ3) is 4.08. The van der Waals surface area contributed by atoms with Crippen molar-refractivity contribution in [2.75, 3.05) is 6.26 Å². The number of benzene rings is 1. The summed E-state index contributed by atoms with van der Waals surface area (Å²) < 4.78 is 45.4. The molecule has 2 aliphatic heterocycles. The maximum atomic E-state index is 12.8. The van der Waals surface area contributed by atoms with Gasteiger partial charge in [0.15, 0.2) is 16.6 Å². The quantitative estimate of drug-likeness (QED) is 0.236. The van der Waals surface area contributed by atoms with E-state index in [1.807, 2.05) is 0 Å². The fourth-order valence-electron chi connectivity index (χ4n) is 3.06. The topological polar surface area (TPSA) is 142 Å². The predicted molar refractivity (Wildman–Crippen MR) is 108 cm³/mol. The first kappa shape index (κ1) is 21.9. The summed E-state index contributed by atoms with van der Waals surface area (Å²) >= 11 is -2.05. The summed E-state index contributed by atoms with van der Waals surface area (Å²) in [4.78, 5) is 37.8. The van der Waals surface area contributed by atoms with Crippen molar-refractivity contribution in [2.24, 2.45) is 0 Å². The van der Waals surface area contributed by atoms with Crippen molar-refractivity contribution in [1.29, 1.82) is 0 Å². The maximum Gasteiger partial charge on any atom is 0.341 e. The minimum Gasteiger partial charge on any atom is -0.610 e. The molecule has 3 rings (SSSR count). The van der Waals surface area contributed by atoms with Crippen molar-refractivity contribution in [1.82, 2.24) is 10.2 Å². The van der Waals surface area contributed by atoms with E-state index in [4.69, 9.17) is 4.18 Å². The van der Waals surface area contributed by atoms with Crippen LogP contribution < -0.4 is 5.32 Å². The molecule has 0 radical (unpaired) electrons. The summed E-state index contributed by atoms with van der Waals surface area (Å²) in [5.74, 6) is -2.93. The van der Waals surface area contributed by atoms with Crippen LogP contribution in [-0.2, 0) is 50.9 Å². The van der Waals surface area contributed by atoms with E-state index >= 15 is 0 Å². The first-order valence-corrected chi connectivity index (χ1v) is 11.6. The summed E-state index contributed by atoms with van der Waals surface area (Å²) in [5, 5.41) is 1.36. The van der Waals surface area contributed by atoms with Gasteiger partial charge in [-0.05, 0) is 12.1 Å². The Labute approximate surface area is 176 Å². The number of carbonyl (C=O) groups excluding carboxylic acids is 3. The Morgan fingerprint density at radius 3 is 2.53 bits per heavy atom. The van der Waals surface area contributed by atoms with Crippen molar-refractivity contribution < 1.29 is 36.2 Å². The lowest BCUT2D eigenvalue weighted by atomic mass is 10.0. The Morgan fingerprint density at radius 1 is 1.33 bits per heavy atom. The van der Waals surface area contributed by atoms with Crippen LogP contribution in [0.2, 0.25) is 0 Å². The van der Waals surface area contributed by atoms with Crippen LogP contribution in [0.15, 0.2) is 53.3 Å². The highest BCUT2D eigenvalue weighted by Gasteiger charge is 2.63. The average molecular weight is 452 g/mol. The van der Waals surface area contributed by atoms with Gasteiger partial charge < -0.3 is 18.7 Å². The van der Waals surface area contributed by atoms with E-state index < -0.39 is 61.9 Å². The SMILES string of the molecule is BOC(=O)C1=C(OS(C)(=O)=O)C(=C)[S@+]([O-])[C@@H]2[C@H](NC(=O)Cc3ccccc3)C(=O)N12. The number of fused-ring (bicyclic) bond motifs is 1. The number of hydrogen-bond donors (Lipinski definition) is 1. The van der Waals surface area contributed by atoms with Gasteiger partial charge in [0.2, 0.25) is 17.0 Å². The van der Waals surface area contributed by atoms with Crippen LogP contribution in [0, 0.1) is 0 Å². The number of hydrogen-bond acceptors (Lipinski definition) is 8. The fourth-order valence-corrected chi connectivity index (χ4v) is 5.04. The second kappa shape index (κ2) is 8.16. The molecule has 1 fully saturated rings. The molecule has 0 unspecified atom stereocenters. The molecule has 13 heteroatoms. The number of carbonyl (C=O) groups is 3. The van der Waals surface area contributed by atoms with Gasteiger partial charge in [-0.25, -0.2) is 4.79 Å². The fraction of sp³-hybridized carbons (Fsp3) is 0.235. The van der Waals surface area contributed by atoms with E-state index in [0.717, 1.165) is 19.2 Å². The van der Waals surface area contributed by atoms with Crippen molar-refractivity contribution in [3.8, 4) is 0 Å². The molecule has 1 N–H and O–H groups in total. The molecule has 0 aromatic heterocycles. The molecule has 1 saturated heterocycles. The molecule has 1 aromatic carbocycles. The van der Waals surface area contributed by atoms with Crippen LogP contribution in [0.25, 0.3) is 0 Å². The van der Waals surface area contributed by atoms with Crippen molar-refractivity contribution in [3.05, 3.63) is 58.8 Å². The van der Waals surface area contributed by atoms with Crippen molar-refractivity contribution in [3.63, 3.8) is 0 Å². The Bertz CT molecular complexity index is 1060. The maximum absolute atomic E-state index is 12.8. The third-order valence-electron chi connectivity index (χ3n) is 4.35. The lowest BCUT2D eigenvalue weighted by Crippen LogP contribution is -2.74. The normalized spacial score (nSPS) is 23.4. The number of β-lactam (4-membered cyclic amide) rings is 1. The van der Waals surface area contributed by atoms with Gasteiger partial charge >= 0.3 is 24.1 Å². The molecule has 0 bridgehead atoms. The highest BCUT2D eigenvalue weighted by atomic mass is 32.2. The van der Waals surface area contributed by atoms with Crippen molar-refractivity contribution in [2.45, 2.75) is 17.8 Å². The Balaban J connectivity index is 1.88. The van der Waals surface area contributed by atoms with Gasteiger partial charge in [-0.1, -0.05) is 30.3 Å². The molecule has 158 valence electrons. The number of nitrogens with one attached hydrogen (secondary N) is 1. The monoisotopic (exact) mass is 452 g/mol. The summed E-state index contributed by atoms with van der Waals surface area (Å²) in [5.41, 5.74) is 0.183. The van der Waals surface area contributed by atoms with Gasteiger partial charge in [0, 0.05) is 11.2 Å². The van der Waals surface area contributed by atoms with Gasteiger partial charge in [-0.15, -0.1) is 0 Å². The van der Waals surface area contributed by atoms with E-state index in [1.165, 1.54) is 0 Å². The highest BCUT2D eigenvalue weighted by molar-refractivity contribution is 7.96. The van der Waals surface area contributed by atoms with Crippen molar-refractivity contribution >= 4 is 47.1 Å². The minimum atomic E-state index is -4.12. The molecule has 30 heavy (non-hydrogen) atoms. The van der Waals surface area contributed by atoms with Gasteiger partial charge in [0.1, 0.15) is 0 Å². The second-order valence-electron chi connectivity index (χ2n) is 6.48. The predicted octanol–water partition coefficient (Wildman–Crippen LogP) is -1.56. The zero-order valence-corrected chi connectivity index (χ0v) is 17.6. The van der Waals surface area contributed by atoms with Gasteiger partial charge in [-0.3, -0.25) is 14.5 Å². The summed E-state index contributed by atoms with van der Waals surface area (Å²) in [6.07, 6.45) is 0.717. The lowest BCUT2D eigenvalue weighted by molar-refractivity contribution is -0.150. The van der Waals surface area contributed by atoms with E-state index in [9.17, 15) is 27.4 Å². The van der Waals surface area contributed by atoms with E-state index in [2.05, 4.69) is 16.6 Å². The molecule has 0 saturated carbocycles. The minimum absolute atomic E-state index is 0.00689. The van der Waals surface area contributed by atoms with E-state index in [1.54, 1.807) is 30.3 Å². The Morgan fingerprint density at radius 2 is 1.97 bits per heavy atom. The van der Waals surface area contributed by atoms with Crippen LogP contribution in [0.1, 0.15) is 5.56 Å². The van der Waals surface area contributed by atoms with E-state index in [-0.39, 0.29) is 11.3 Å². The van der Waals surface area contributed by atoms with Gasteiger partial charge in [0.05, 0.1) is 12.7 Å². The smallest absolute Gasteiger partial charge is 0.341 e. The van der Waals surface area contributed by atoms with Crippen LogP contribution in [-0.4, -0.2) is 61.4 Å². The van der Waals surface area contributed by atoms with Crippen LogP contribution >= 0.6 is 0 Å². The summed E-state index contributed by atoms with van der Waals surface area (Å²) in [7, 11) is -3.10. The molecule has 0 aliphatic carbocycles. The average Bonchev–Trinajstić information content (AvgIpc) is 2.69. The zero-order chi connectivity index (χ0) is 22.2. The largest absolute Gasteiger partial charge is 0.610 e. The molecule has 2 aliphatic rings. The van der Waals surface area contributed by atoms with Gasteiger partial charge in [-0.2, -0.15) is 8.42 Å². The van der Waals surface area contributed by atoms with Crippen LogP contribution in [0.4, 0.5) is 0 Å². The third-order valence-corrected chi connectivity index (χ3v) is 6.41. The molecule has 2 heterocycles. The highest BCUT2D eigenvalue weighted by Crippen LogP contribution is 2.42. The summed E-state index contributed by atoms with van der Waals surface area (Å²) in [6.45, 7) is 3.55. The molecule has 3 atom stereocenters. The summed E-state index contributed by atoms with van der Waals surface area (Å²) in [6, 6.07) is 7.61. The first-order valence-electron chi connectivity index (χ1n) is 8.53. The molecule has 0 spiro atoms. The first-order chi connectivity index (χ1) is 14.0. The Kier molecular flexibility index (Phi) is 5.97. The molecular weight excluding hydrogens is 435 g/mol. The molecule has 1 aromatic rings. The van der Waals surface area contributed by atoms with Gasteiger partial charge in [0.25, 0.3) is 5.91 Å². The molecular formula is C17H17BN2O8S2.